The van der Waals surface area contributed by atoms with E-state index in [-0.39, 0.29) is 64.6 Å². The van der Waals surface area contributed by atoms with Crippen molar-refractivity contribution in [1.82, 2.24) is 0 Å². The van der Waals surface area contributed by atoms with Gasteiger partial charge in [-0.3, -0.25) is 0 Å². The predicted molar refractivity (Wildman–Crippen MR) is 107 cm³/mol. The third kappa shape index (κ3) is 20.4. The van der Waals surface area contributed by atoms with Crippen LogP contribution in [-0.2, 0) is 47.6 Å². The van der Waals surface area contributed by atoms with Gasteiger partial charge in [0.25, 0.3) is 0 Å². The first kappa shape index (κ1) is 36.9. The van der Waals surface area contributed by atoms with Crippen molar-refractivity contribution < 1.29 is 109 Å². The van der Waals surface area contributed by atoms with Gasteiger partial charge in [-0.2, -0.15) is 0 Å². The van der Waals surface area contributed by atoms with E-state index in [9.17, 15) is 24.3 Å². The van der Waals surface area contributed by atoms with Crippen LogP contribution < -0.4 is 56.5 Å². The average molecular weight is 507 g/mol. The first-order valence-corrected chi connectivity index (χ1v) is 10.1. The molecule has 33 heavy (non-hydrogen) atoms. The van der Waals surface area contributed by atoms with Crippen molar-refractivity contribution in [3.8, 4) is 0 Å². The Morgan fingerprint density at radius 2 is 1.52 bits per heavy atom. The molecule has 13 heteroatoms. The number of rotatable bonds is 10. The van der Waals surface area contributed by atoms with Crippen molar-refractivity contribution >= 4 is 23.9 Å². The number of ether oxygens (including phenoxy) is 6. The van der Waals surface area contributed by atoms with Crippen molar-refractivity contribution in [3.63, 3.8) is 0 Å². The molecule has 1 saturated heterocycles. The van der Waals surface area contributed by atoms with Gasteiger partial charge in [0, 0.05) is 20.3 Å². The van der Waals surface area contributed by atoms with Crippen LogP contribution in [0.3, 0.4) is 0 Å². The molecule has 1 heterocycles. The Labute approximate surface area is 237 Å². The summed E-state index contributed by atoms with van der Waals surface area (Å²) in [7, 11) is 1.51. The van der Waals surface area contributed by atoms with Gasteiger partial charge in [-0.25, -0.2) is 19.2 Å². The largest absolute Gasteiger partial charge is 1.00 e. The number of aliphatic hydroxyl groups excluding tert-OH is 1. The maximum atomic E-state index is 11.3. The van der Waals surface area contributed by atoms with Gasteiger partial charge in [-0.15, -0.1) is 6.61 Å². The zero-order valence-electron chi connectivity index (χ0n) is 20.5. The number of carbonyl (C=O) groups excluding carboxylic acids is 4. The van der Waals surface area contributed by atoms with Crippen LogP contribution >= 0.6 is 0 Å². The van der Waals surface area contributed by atoms with E-state index < -0.39 is 48.3 Å². The van der Waals surface area contributed by atoms with Crippen molar-refractivity contribution in [2.75, 3.05) is 40.1 Å². The second-order valence-electron chi connectivity index (χ2n) is 6.39. The van der Waals surface area contributed by atoms with Crippen LogP contribution in [0.2, 0.25) is 0 Å². The number of esters is 4. The predicted octanol–water partition coefficient (Wildman–Crippen LogP) is -3.87. The molecule has 4 atom stereocenters. The number of hydrogen-bond donors (Lipinski definition) is 1. The van der Waals surface area contributed by atoms with Gasteiger partial charge in [0.05, 0.1) is 6.61 Å². The summed E-state index contributed by atoms with van der Waals surface area (Å²) < 4.78 is 28.1. The van der Waals surface area contributed by atoms with E-state index in [2.05, 4.69) is 18.9 Å². The Morgan fingerprint density at radius 1 is 1.00 bits per heavy atom. The van der Waals surface area contributed by atoms with E-state index in [1.807, 2.05) is 6.92 Å². The summed E-state index contributed by atoms with van der Waals surface area (Å²) in [5, 5.41) is 18.3. The minimum absolute atomic E-state index is 0. The molecule has 188 valence electrons. The van der Waals surface area contributed by atoms with Crippen LogP contribution in [0.25, 0.3) is 0 Å². The molecule has 1 aliphatic rings. The van der Waals surface area contributed by atoms with Crippen LogP contribution in [0.1, 0.15) is 41.0 Å². The fourth-order valence-corrected chi connectivity index (χ4v) is 1.61. The number of aliphatic hydroxyl groups is 1. The quantitative estimate of drug-likeness (QED) is 0.133. The number of hydrogen-bond acceptors (Lipinski definition) is 12. The average Bonchev–Trinajstić information content (AvgIpc) is 2.73. The van der Waals surface area contributed by atoms with E-state index in [1.165, 1.54) is 34.8 Å². The smallest absolute Gasteiger partial charge is 0.853 e. The van der Waals surface area contributed by atoms with Gasteiger partial charge in [-0.1, -0.05) is 6.92 Å². The molecule has 0 aliphatic carbocycles. The zero-order chi connectivity index (χ0) is 25.1. The molecule has 12 nitrogen and oxygen atoms in total. The number of cyclic esters (lactones) is 2. The Bertz CT molecular complexity index is 533. The Balaban J connectivity index is -0.000000473. The van der Waals surface area contributed by atoms with Gasteiger partial charge in [0.1, 0.15) is 12.7 Å². The van der Waals surface area contributed by atoms with Crippen LogP contribution in [0, 0.1) is 0 Å². The summed E-state index contributed by atoms with van der Waals surface area (Å²) in [6, 6.07) is 0. The molecule has 1 aliphatic heterocycles. The van der Waals surface area contributed by atoms with Crippen molar-refractivity contribution in [3.05, 3.63) is 0 Å². The molecule has 1 fully saturated rings. The fraction of sp³-hybridized carbons (Fsp3) is 0.800. The third-order valence-electron chi connectivity index (χ3n) is 3.32. The van der Waals surface area contributed by atoms with Crippen LogP contribution in [-0.4, -0.2) is 93.5 Å². The SMILES string of the molecule is CC1OC(=O)C(C)OC1=O.CCCOCCOC(=O)C(C)OC(=O)C(C)O.COCC[O-].[K+]. The van der Waals surface area contributed by atoms with Gasteiger partial charge in [-0.05, 0) is 34.1 Å². The normalized spacial score (nSPS) is 18.4. The number of methoxy groups -OCH3 is 1. The molecule has 0 spiro atoms. The third-order valence-corrected chi connectivity index (χ3v) is 3.32. The van der Waals surface area contributed by atoms with E-state index >= 15 is 0 Å². The molecular weight excluding hydrogens is 471 g/mol. The molecule has 0 amide bonds. The Hall–Kier alpha value is -0.644. The summed E-state index contributed by atoms with van der Waals surface area (Å²) in [5.74, 6) is -2.46. The second kappa shape index (κ2) is 23.1. The van der Waals surface area contributed by atoms with E-state index in [1.54, 1.807) is 0 Å². The molecule has 0 radical (unpaired) electrons. The summed E-state index contributed by atoms with van der Waals surface area (Å²) >= 11 is 0. The van der Waals surface area contributed by atoms with Gasteiger partial charge in [0.15, 0.2) is 18.3 Å². The molecule has 0 aromatic heterocycles. The molecule has 0 aromatic rings. The Kier molecular flexibility index (Phi) is 25.9. The fourth-order valence-electron chi connectivity index (χ4n) is 1.61. The second-order valence-corrected chi connectivity index (χ2v) is 6.39. The van der Waals surface area contributed by atoms with Crippen molar-refractivity contribution in [2.24, 2.45) is 0 Å². The van der Waals surface area contributed by atoms with Crippen LogP contribution in [0.5, 0.6) is 0 Å². The maximum absolute atomic E-state index is 11.3. The molecular formula is C20H35KO12. The monoisotopic (exact) mass is 506 g/mol. The standard InChI is InChI=1S/C11H20O6.C6H8O4.C3H7O2.K/c1-4-5-15-6-7-16-11(14)9(3)17-10(13)8(2)12;1-3-5(7)10-4(2)6(8)9-3;1-5-3-2-4;/h8-9,12H,4-7H2,1-3H3;3-4H,1-2H3;2-3H2,1H3;/q;;-1;+1. The molecule has 1 N–H and O–H groups in total. The molecule has 0 aromatic carbocycles. The first-order valence-electron chi connectivity index (χ1n) is 10.1. The van der Waals surface area contributed by atoms with Crippen LogP contribution in [0.15, 0.2) is 0 Å². The topological polar surface area (TPSA) is 167 Å². The van der Waals surface area contributed by atoms with E-state index in [0.717, 1.165) is 6.42 Å². The molecule has 0 bridgehead atoms. The summed E-state index contributed by atoms with van der Waals surface area (Å²) in [6.07, 6.45) is -2.87. The maximum Gasteiger partial charge on any atom is 1.00 e. The molecule has 1 rings (SSSR count). The van der Waals surface area contributed by atoms with Gasteiger partial charge >= 0.3 is 75.3 Å². The molecule has 0 saturated carbocycles. The summed E-state index contributed by atoms with van der Waals surface area (Å²) in [6.45, 7) is 8.84. The van der Waals surface area contributed by atoms with E-state index in [0.29, 0.717) is 19.8 Å². The first-order chi connectivity index (χ1) is 15.0. The summed E-state index contributed by atoms with van der Waals surface area (Å²) in [5.41, 5.74) is 0. The van der Waals surface area contributed by atoms with Gasteiger partial charge < -0.3 is 38.6 Å². The van der Waals surface area contributed by atoms with Crippen molar-refractivity contribution in [1.29, 1.82) is 0 Å². The minimum atomic E-state index is -1.25. The number of carbonyl (C=O) groups is 4. The Morgan fingerprint density at radius 3 is 1.88 bits per heavy atom. The zero-order valence-corrected chi connectivity index (χ0v) is 23.6. The van der Waals surface area contributed by atoms with E-state index in [4.69, 9.17) is 14.6 Å². The van der Waals surface area contributed by atoms with Crippen LogP contribution in [0.4, 0.5) is 0 Å². The van der Waals surface area contributed by atoms with Crippen molar-refractivity contribution in [2.45, 2.75) is 65.5 Å². The minimum Gasteiger partial charge on any atom is -0.853 e. The molecule has 4 unspecified atom stereocenters. The van der Waals surface area contributed by atoms with Gasteiger partial charge in [0.2, 0.25) is 0 Å². The summed E-state index contributed by atoms with van der Waals surface area (Å²) in [4.78, 5) is 43.6.